The SMILES string of the molecule is CCOC(=O)CSCC(=O)NCCNC(=O)CSCC(=O)OCC. The summed E-state index contributed by atoms with van der Waals surface area (Å²) in [5, 5.41) is 5.25. The summed E-state index contributed by atoms with van der Waals surface area (Å²) in [5.41, 5.74) is 0. The van der Waals surface area contributed by atoms with Crippen LogP contribution in [0.4, 0.5) is 0 Å². The van der Waals surface area contributed by atoms with Gasteiger partial charge in [-0.1, -0.05) is 0 Å². The van der Waals surface area contributed by atoms with Crippen molar-refractivity contribution in [2.24, 2.45) is 0 Å². The minimum atomic E-state index is -0.345. The third-order valence-corrected chi connectivity index (χ3v) is 4.10. The lowest BCUT2D eigenvalue weighted by atomic mass is 10.5. The standard InChI is InChI=1S/C14H24N2O6S2/c1-3-21-13(19)9-23-7-11(17)15-5-6-16-12(18)8-24-10-14(20)22-4-2/h3-10H2,1-2H3,(H,15,17)(H,16,18). The summed E-state index contributed by atoms with van der Waals surface area (Å²) >= 11 is 2.34. The maximum Gasteiger partial charge on any atom is 0.315 e. The van der Waals surface area contributed by atoms with E-state index in [1.165, 1.54) is 23.5 Å². The van der Waals surface area contributed by atoms with Gasteiger partial charge in [0.1, 0.15) is 0 Å². The van der Waals surface area contributed by atoms with E-state index in [2.05, 4.69) is 10.6 Å². The Labute approximate surface area is 150 Å². The third kappa shape index (κ3) is 14.2. The Hall–Kier alpha value is -1.42. The fourth-order valence-electron chi connectivity index (χ4n) is 1.37. The van der Waals surface area contributed by atoms with Gasteiger partial charge in [0.05, 0.1) is 36.2 Å². The molecular weight excluding hydrogens is 356 g/mol. The van der Waals surface area contributed by atoms with Gasteiger partial charge in [-0.2, -0.15) is 0 Å². The molecule has 8 nitrogen and oxygen atoms in total. The number of ether oxygens (including phenoxy) is 2. The molecule has 0 spiro atoms. The van der Waals surface area contributed by atoms with Crippen molar-refractivity contribution in [3.63, 3.8) is 0 Å². The van der Waals surface area contributed by atoms with E-state index in [-0.39, 0.29) is 46.8 Å². The molecule has 0 aliphatic carbocycles. The number of hydrogen-bond donors (Lipinski definition) is 2. The molecule has 0 aliphatic heterocycles. The highest BCUT2D eigenvalue weighted by atomic mass is 32.2. The molecule has 0 aromatic heterocycles. The van der Waals surface area contributed by atoms with Crippen molar-refractivity contribution in [1.82, 2.24) is 10.6 Å². The van der Waals surface area contributed by atoms with E-state index < -0.39 is 0 Å². The van der Waals surface area contributed by atoms with Crippen LogP contribution in [0.15, 0.2) is 0 Å². The molecule has 24 heavy (non-hydrogen) atoms. The monoisotopic (exact) mass is 380 g/mol. The number of rotatable bonds is 13. The Bertz CT molecular complexity index is 382. The van der Waals surface area contributed by atoms with Gasteiger partial charge < -0.3 is 20.1 Å². The van der Waals surface area contributed by atoms with Crippen molar-refractivity contribution in [2.75, 3.05) is 49.3 Å². The average molecular weight is 380 g/mol. The Kier molecular flexibility index (Phi) is 14.2. The highest BCUT2D eigenvalue weighted by molar-refractivity contribution is 8.00. The minimum absolute atomic E-state index is 0.135. The van der Waals surface area contributed by atoms with Gasteiger partial charge in [-0.3, -0.25) is 19.2 Å². The fourth-order valence-corrected chi connectivity index (χ4v) is 2.64. The molecule has 0 aliphatic rings. The molecule has 0 saturated carbocycles. The predicted molar refractivity (Wildman–Crippen MR) is 93.9 cm³/mol. The molecule has 0 fully saturated rings. The zero-order chi connectivity index (χ0) is 18.2. The maximum absolute atomic E-state index is 11.5. The van der Waals surface area contributed by atoms with Gasteiger partial charge in [0.25, 0.3) is 0 Å². The molecule has 2 amide bonds. The van der Waals surface area contributed by atoms with E-state index in [4.69, 9.17) is 9.47 Å². The van der Waals surface area contributed by atoms with E-state index in [1.807, 2.05) is 0 Å². The first kappa shape index (κ1) is 22.6. The van der Waals surface area contributed by atoms with E-state index in [0.717, 1.165) is 0 Å². The van der Waals surface area contributed by atoms with E-state index >= 15 is 0 Å². The normalized spacial score (nSPS) is 9.92. The Morgan fingerprint density at radius 3 is 1.42 bits per heavy atom. The van der Waals surface area contributed by atoms with Crippen LogP contribution in [0.1, 0.15) is 13.8 Å². The van der Waals surface area contributed by atoms with Crippen LogP contribution in [0.25, 0.3) is 0 Å². The average Bonchev–Trinajstić information content (AvgIpc) is 2.52. The lowest BCUT2D eigenvalue weighted by Crippen LogP contribution is -2.36. The molecule has 0 unspecified atom stereocenters. The summed E-state index contributed by atoms with van der Waals surface area (Å²) < 4.78 is 9.48. The number of hydrogen-bond acceptors (Lipinski definition) is 8. The molecule has 0 rings (SSSR count). The maximum atomic E-state index is 11.5. The predicted octanol–water partition coefficient (Wildman–Crippen LogP) is -0.189. The van der Waals surface area contributed by atoms with Gasteiger partial charge >= 0.3 is 11.9 Å². The Morgan fingerprint density at radius 1 is 0.708 bits per heavy atom. The van der Waals surface area contributed by atoms with E-state index in [0.29, 0.717) is 26.3 Å². The summed E-state index contributed by atoms with van der Waals surface area (Å²) in [5.74, 6) is -0.536. The second-order valence-corrected chi connectivity index (χ2v) is 6.27. The number of carbonyl (C=O) groups excluding carboxylic acids is 4. The summed E-state index contributed by atoms with van der Waals surface area (Å²) in [7, 11) is 0. The van der Waals surface area contributed by atoms with Crippen LogP contribution < -0.4 is 10.6 Å². The largest absolute Gasteiger partial charge is 0.465 e. The van der Waals surface area contributed by atoms with Crippen LogP contribution in [0.2, 0.25) is 0 Å². The Morgan fingerprint density at radius 2 is 1.08 bits per heavy atom. The van der Waals surface area contributed by atoms with Crippen molar-refractivity contribution in [2.45, 2.75) is 13.8 Å². The molecule has 138 valence electrons. The van der Waals surface area contributed by atoms with Crippen LogP contribution in [0.3, 0.4) is 0 Å². The van der Waals surface area contributed by atoms with Gasteiger partial charge in [0.15, 0.2) is 0 Å². The van der Waals surface area contributed by atoms with Gasteiger partial charge in [0.2, 0.25) is 11.8 Å². The molecule has 0 saturated heterocycles. The van der Waals surface area contributed by atoms with Gasteiger partial charge in [-0.25, -0.2) is 0 Å². The number of nitrogens with one attached hydrogen (secondary N) is 2. The van der Waals surface area contributed by atoms with Gasteiger partial charge in [-0.05, 0) is 13.8 Å². The molecule has 0 bridgehead atoms. The molecule has 0 radical (unpaired) electrons. The van der Waals surface area contributed by atoms with Crippen molar-refractivity contribution >= 4 is 47.3 Å². The highest BCUT2D eigenvalue weighted by Crippen LogP contribution is 2.00. The lowest BCUT2D eigenvalue weighted by molar-refractivity contribution is -0.140. The van der Waals surface area contributed by atoms with Gasteiger partial charge in [-0.15, -0.1) is 23.5 Å². The topological polar surface area (TPSA) is 111 Å². The van der Waals surface area contributed by atoms with Crippen molar-refractivity contribution < 1.29 is 28.7 Å². The first-order chi connectivity index (χ1) is 11.5. The number of esters is 2. The van der Waals surface area contributed by atoms with Crippen LogP contribution in [-0.4, -0.2) is 73.1 Å². The summed E-state index contributed by atoms with van der Waals surface area (Å²) in [6.07, 6.45) is 0. The van der Waals surface area contributed by atoms with Crippen molar-refractivity contribution in [3.8, 4) is 0 Å². The smallest absolute Gasteiger partial charge is 0.315 e. The molecule has 0 aromatic carbocycles. The van der Waals surface area contributed by atoms with Crippen molar-refractivity contribution in [1.29, 1.82) is 0 Å². The second-order valence-electron chi connectivity index (χ2n) is 4.30. The lowest BCUT2D eigenvalue weighted by Gasteiger charge is -2.07. The first-order valence-electron chi connectivity index (χ1n) is 7.49. The molecule has 0 heterocycles. The second kappa shape index (κ2) is 15.1. The van der Waals surface area contributed by atoms with Crippen molar-refractivity contribution in [3.05, 3.63) is 0 Å². The minimum Gasteiger partial charge on any atom is -0.465 e. The van der Waals surface area contributed by atoms with Crippen LogP contribution >= 0.6 is 23.5 Å². The zero-order valence-electron chi connectivity index (χ0n) is 13.9. The number of amides is 2. The summed E-state index contributed by atoms with van der Waals surface area (Å²) in [4.78, 5) is 45.1. The van der Waals surface area contributed by atoms with Crippen LogP contribution in [-0.2, 0) is 28.7 Å². The quantitative estimate of drug-likeness (QED) is 0.334. The molecule has 0 atom stereocenters. The molecule has 2 N–H and O–H groups in total. The molecular formula is C14H24N2O6S2. The fraction of sp³-hybridized carbons (Fsp3) is 0.714. The zero-order valence-corrected chi connectivity index (χ0v) is 15.6. The van der Waals surface area contributed by atoms with Crippen LogP contribution in [0, 0.1) is 0 Å². The Balaban J connectivity index is 3.53. The first-order valence-corrected chi connectivity index (χ1v) is 9.80. The van der Waals surface area contributed by atoms with E-state index in [9.17, 15) is 19.2 Å². The van der Waals surface area contributed by atoms with E-state index in [1.54, 1.807) is 13.8 Å². The third-order valence-electron chi connectivity index (χ3n) is 2.29. The summed E-state index contributed by atoms with van der Waals surface area (Å²) in [6, 6.07) is 0. The summed E-state index contributed by atoms with van der Waals surface area (Å²) in [6.45, 7) is 4.69. The van der Waals surface area contributed by atoms with Gasteiger partial charge in [0, 0.05) is 13.1 Å². The highest BCUT2D eigenvalue weighted by Gasteiger charge is 2.07. The molecule has 0 aromatic rings. The number of carbonyl (C=O) groups is 4. The molecule has 10 heteroatoms. The number of thioether (sulfide) groups is 2. The van der Waals surface area contributed by atoms with Crippen LogP contribution in [0.5, 0.6) is 0 Å².